The van der Waals surface area contributed by atoms with Crippen LogP contribution in [0.1, 0.15) is 97.3 Å². The third-order valence-electron chi connectivity index (χ3n) is 7.60. The number of fused-ring (bicyclic) bond motifs is 1. The van der Waals surface area contributed by atoms with Gasteiger partial charge >= 0.3 is 24.2 Å². The van der Waals surface area contributed by atoms with Crippen LogP contribution in [-0.2, 0) is 52.4 Å². The van der Waals surface area contributed by atoms with Crippen molar-refractivity contribution in [2.75, 3.05) is 18.3 Å². The van der Waals surface area contributed by atoms with Gasteiger partial charge < -0.3 is 28.8 Å². The molecule has 3 atom stereocenters. The van der Waals surface area contributed by atoms with Crippen molar-refractivity contribution in [2.24, 2.45) is 16.2 Å². The first-order chi connectivity index (χ1) is 29.7. The van der Waals surface area contributed by atoms with E-state index in [-0.39, 0.29) is 35.4 Å². The Balaban J connectivity index is 0.000000470. The molecule has 0 aromatic carbocycles. The Hall–Kier alpha value is -1.79. The van der Waals surface area contributed by atoms with E-state index in [2.05, 4.69) is 96.1 Å². The molecule has 0 saturated carbocycles. The van der Waals surface area contributed by atoms with Crippen LogP contribution in [0, 0.1) is 19.8 Å². The topological polar surface area (TPSA) is 248 Å². The number of carbonyl (C=O) groups excluding carboxylic acids is 5. The zero-order chi connectivity index (χ0) is 50.0. The first-order valence-electron chi connectivity index (χ1n) is 18.9. The maximum atomic E-state index is 13.5. The molecule has 4 heterocycles. The Morgan fingerprint density at radius 2 is 1.29 bits per heavy atom. The maximum Gasteiger partial charge on any atom is 0.362 e. The quantitative estimate of drug-likeness (QED) is 0.0267. The summed E-state index contributed by atoms with van der Waals surface area (Å²) >= 11 is 16.5. The number of alkyl halides is 1. The van der Waals surface area contributed by atoms with Gasteiger partial charge in [0.15, 0.2) is 24.9 Å². The monoisotopic (exact) mass is 1330 g/mol. The van der Waals surface area contributed by atoms with Crippen LogP contribution in [0.3, 0.4) is 0 Å². The van der Waals surface area contributed by atoms with E-state index in [4.69, 9.17) is 47.9 Å². The van der Waals surface area contributed by atoms with Crippen molar-refractivity contribution in [3.8, 4) is 0 Å². The molecule has 2 radical (unpaired) electrons. The van der Waals surface area contributed by atoms with Crippen LogP contribution >= 0.6 is 122 Å². The van der Waals surface area contributed by atoms with Crippen molar-refractivity contribution in [1.82, 2.24) is 23.6 Å². The van der Waals surface area contributed by atoms with Crippen LogP contribution < -0.4 is 0 Å². The molecule has 2 aliphatic rings. The number of esters is 2. The lowest BCUT2D eigenvalue weighted by Gasteiger charge is -2.49. The SMILES string of the molecule is Cc1nc(/C(=N/OC(C)(C)C(=O)OC(C)(C)C)C(=O)O)ns1.IB(I)I.[B]P(C)OC(=O)C1=C(CCl)CSC2[C@H](CC(=O)/C(=N\OC(C)(C)C(=O)OC(C)(C)C)c3nsc(C)n3)C(=O)N12. The number of carbonyl (C=O) groups is 6. The van der Waals surface area contributed by atoms with Gasteiger partial charge in [-0.05, 0) is 118 Å². The van der Waals surface area contributed by atoms with Gasteiger partial charge in [-0.25, -0.2) is 29.1 Å². The van der Waals surface area contributed by atoms with Gasteiger partial charge in [0.05, 0.1) is 11.3 Å². The van der Waals surface area contributed by atoms with Gasteiger partial charge in [-0.3, -0.25) is 14.5 Å². The Labute approximate surface area is 438 Å². The van der Waals surface area contributed by atoms with Crippen molar-refractivity contribution < 1.29 is 57.5 Å². The third-order valence-corrected chi connectivity index (χ3v) is 11.0. The predicted octanol–water partition coefficient (Wildman–Crippen LogP) is 7.37. The van der Waals surface area contributed by atoms with E-state index in [0.29, 0.717) is 21.3 Å². The average Bonchev–Trinajstić information content (AvgIpc) is 3.78. The number of β-lactam (4-membered cyclic amide) rings is 1. The number of carboxylic acids is 1. The summed E-state index contributed by atoms with van der Waals surface area (Å²) in [5.74, 6) is -4.73. The van der Waals surface area contributed by atoms with Crippen molar-refractivity contribution in [2.45, 2.75) is 117 Å². The van der Waals surface area contributed by atoms with Crippen LogP contribution in [0.4, 0.5) is 0 Å². The highest BCUT2D eigenvalue weighted by Gasteiger charge is 2.54. The van der Waals surface area contributed by atoms with Crippen molar-refractivity contribution in [3.63, 3.8) is 0 Å². The number of aryl methyl sites for hydroxylation is 2. The maximum absolute atomic E-state index is 13.5. The minimum absolute atomic E-state index is 0.0234. The molecule has 0 bridgehead atoms. The molecular formula is C36H48B2ClI3N7O12PS3. The fraction of sp³-hybridized carbons (Fsp3) is 0.611. The van der Waals surface area contributed by atoms with Crippen molar-refractivity contribution in [3.05, 3.63) is 32.9 Å². The number of ether oxygens (including phenoxy) is 2. The molecule has 0 aliphatic carbocycles. The van der Waals surface area contributed by atoms with E-state index in [1.165, 1.54) is 44.4 Å². The molecule has 0 spiro atoms. The molecule has 65 heavy (non-hydrogen) atoms. The number of aliphatic carboxylic acids is 1. The molecule has 2 aromatic rings. The summed E-state index contributed by atoms with van der Waals surface area (Å²) in [5.41, 5.74) is -4.47. The number of nitrogens with zero attached hydrogens (tertiary/aromatic N) is 7. The second-order valence-corrected chi connectivity index (χ2v) is 32.0. The van der Waals surface area contributed by atoms with Gasteiger partial charge in [-0.2, -0.15) is 8.75 Å². The molecule has 356 valence electrons. The Morgan fingerprint density at radius 1 is 0.862 bits per heavy atom. The summed E-state index contributed by atoms with van der Waals surface area (Å²) in [4.78, 5) is 95.2. The molecule has 1 saturated heterocycles. The molecule has 19 nitrogen and oxygen atoms in total. The zero-order valence-corrected chi connectivity index (χ0v) is 48.3. The number of aromatic nitrogens is 4. The van der Waals surface area contributed by atoms with Crippen molar-refractivity contribution in [1.29, 1.82) is 0 Å². The molecule has 2 unspecified atom stereocenters. The number of halogens is 4. The van der Waals surface area contributed by atoms with E-state index in [1.54, 1.807) is 62.1 Å². The molecule has 4 rings (SSSR count). The van der Waals surface area contributed by atoms with E-state index in [0.717, 1.165) is 23.3 Å². The first kappa shape index (κ1) is 59.3. The number of oxime groups is 2. The molecule has 2 aromatic heterocycles. The number of thioether (sulfide) groups is 1. The van der Waals surface area contributed by atoms with E-state index in [1.807, 2.05) is 0 Å². The lowest BCUT2D eigenvalue weighted by atomic mass is 9.89. The highest BCUT2D eigenvalue weighted by Crippen LogP contribution is 2.46. The van der Waals surface area contributed by atoms with Crippen LogP contribution in [0.5, 0.6) is 0 Å². The van der Waals surface area contributed by atoms with Gasteiger partial charge in [0, 0.05) is 26.1 Å². The number of rotatable bonds is 15. The molecular weight excluding hydrogens is 1290 g/mol. The van der Waals surface area contributed by atoms with Gasteiger partial charge in [0.1, 0.15) is 26.9 Å². The summed E-state index contributed by atoms with van der Waals surface area (Å²) < 4.78 is 24.5. The van der Waals surface area contributed by atoms with Gasteiger partial charge in [-0.15, -0.1) is 90.5 Å². The number of hydrogen-bond acceptors (Lipinski definition) is 20. The Kier molecular flexibility index (Phi) is 23.0. The van der Waals surface area contributed by atoms with Gasteiger partial charge in [0.25, 0.3) is 0 Å². The van der Waals surface area contributed by atoms with Gasteiger partial charge in [0.2, 0.25) is 28.6 Å². The van der Waals surface area contributed by atoms with Gasteiger partial charge in [-0.1, -0.05) is 10.3 Å². The minimum Gasteiger partial charge on any atom is -0.476 e. The average molecular weight is 1340 g/mol. The fourth-order valence-corrected chi connectivity index (χ4v) is 7.80. The molecule has 29 heteroatoms. The third kappa shape index (κ3) is 18.9. The molecule has 1 fully saturated rings. The normalized spacial score (nSPS) is 17.2. The predicted molar refractivity (Wildman–Crippen MR) is 278 cm³/mol. The second-order valence-electron chi connectivity index (χ2n) is 16.6. The summed E-state index contributed by atoms with van der Waals surface area (Å²) in [6.07, 6.45) is -0.240. The van der Waals surface area contributed by atoms with E-state index >= 15 is 0 Å². The summed E-state index contributed by atoms with van der Waals surface area (Å²) in [5, 5.41) is 17.4. The highest BCUT2D eigenvalue weighted by atomic mass is 127. The Morgan fingerprint density at radius 3 is 1.66 bits per heavy atom. The van der Waals surface area contributed by atoms with Crippen LogP contribution in [-0.4, -0.2) is 130 Å². The summed E-state index contributed by atoms with van der Waals surface area (Å²) in [6, 6.07) is 0. The highest BCUT2D eigenvalue weighted by molar-refractivity contribution is 14.4. The molecule has 1 N–H and O–H groups in total. The zero-order valence-electron chi connectivity index (χ0n) is 37.7. The summed E-state index contributed by atoms with van der Waals surface area (Å²) in [6.45, 7) is 21.1. The number of hydrogen-bond donors (Lipinski definition) is 1. The van der Waals surface area contributed by atoms with E-state index < -0.39 is 83.0 Å². The van der Waals surface area contributed by atoms with E-state index in [9.17, 15) is 28.8 Å². The Bertz CT molecular complexity index is 2180. The molecule has 2 aliphatic heterocycles. The largest absolute Gasteiger partial charge is 0.476 e. The van der Waals surface area contributed by atoms with Crippen LogP contribution in [0.2, 0.25) is 0 Å². The number of Topliss-reactive ketones (excluding diaryl/α,β-unsaturated/α-hetero) is 1. The molecule has 1 amide bonds. The number of ketones is 1. The number of amides is 1. The fourth-order valence-electron chi connectivity index (χ4n) is 4.76. The smallest absolute Gasteiger partial charge is 0.362 e. The lowest BCUT2D eigenvalue weighted by Crippen LogP contribution is -2.62. The summed E-state index contributed by atoms with van der Waals surface area (Å²) in [7, 11) is 4.16. The van der Waals surface area contributed by atoms with Crippen molar-refractivity contribution >= 4 is 176 Å². The standard InChI is InChI=1S/C23H29BClN4O7PS2.C13H19N3O5S.BI3/c1-11-26-17(28-39-11)15(27-36-23(5,6)21(33)34-22(2,3)4)14(30)8-13-18(31)29-16(20(32)35-37(7)24)12(9-25)10-38-19(13)29;1-7-14-9(16-22-7)8(10(17)18)15-21-13(5,6)11(19)20-12(2,3)4;2-1(3)4/h13,19H,8-10H2,1-7H3;1-6H3,(H,17,18);/b27-15+;15-8-;/t13-,19?,37?;;/m1../s1. The minimum atomic E-state index is -1.52. The first-order valence-corrected chi connectivity index (χ1v) is 27.6. The lowest BCUT2D eigenvalue weighted by molar-refractivity contribution is -0.180. The number of carboxylic acid groups (broad SMARTS) is 1. The van der Waals surface area contributed by atoms with Crippen LogP contribution in [0.15, 0.2) is 21.6 Å². The second kappa shape index (κ2) is 25.2. The van der Waals surface area contributed by atoms with Crippen LogP contribution in [0.25, 0.3) is 0 Å².